The molecule has 2 N–H and O–H groups in total. The van der Waals surface area contributed by atoms with Gasteiger partial charge in [-0.1, -0.05) is 42.5 Å². The van der Waals surface area contributed by atoms with Gasteiger partial charge in [0.1, 0.15) is 0 Å². The van der Waals surface area contributed by atoms with Gasteiger partial charge in [-0.2, -0.15) is 0 Å². The van der Waals surface area contributed by atoms with Gasteiger partial charge < -0.3 is 14.8 Å². The summed E-state index contributed by atoms with van der Waals surface area (Å²) in [5.41, 5.74) is 2.47. The van der Waals surface area contributed by atoms with E-state index in [0.29, 0.717) is 17.2 Å². The van der Waals surface area contributed by atoms with E-state index in [9.17, 15) is 5.11 Å². The monoisotopic (exact) mass is 391 g/mol. The Hall–Kier alpha value is -1.95. The van der Waals surface area contributed by atoms with Crippen molar-refractivity contribution >= 4 is 28.5 Å². The third-order valence-corrected chi connectivity index (χ3v) is 3.93. The molecule has 0 radical (unpaired) electrons. The first-order chi connectivity index (χ1) is 10.2. The molecule has 0 aliphatic carbocycles. The van der Waals surface area contributed by atoms with E-state index in [4.69, 9.17) is 4.42 Å². The zero-order valence-corrected chi connectivity index (χ0v) is 13.6. The fourth-order valence-corrected chi connectivity index (χ4v) is 2.84. The van der Waals surface area contributed by atoms with Crippen molar-refractivity contribution in [2.75, 3.05) is 12.4 Å². The third kappa shape index (κ3) is 2.63. The summed E-state index contributed by atoms with van der Waals surface area (Å²) in [5, 5.41) is 13.6. The number of rotatable bonds is 3. The molecule has 2 aromatic carbocycles. The molecule has 0 unspecified atom stereocenters. The van der Waals surface area contributed by atoms with Crippen molar-refractivity contribution in [2.24, 2.45) is 0 Å². The van der Waals surface area contributed by atoms with Crippen molar-refractivity contribution in [3.8, 4) is 28.2 Å². The van der Waals surface area contributed by atoms with Crippen molar-refractivity contribution in [1.29, 1.82) is 0 Å². The summed E-state index contributed by atoms with van der Waals surface area (Å²) in [5.74, 6) is 1.20. The molecule has 4 heteroatoms. The maximum absolute atomic E-state index is 10.6. The minimum Gasteiger partial charge on any atom is -0.504 e. The fourth-order valence-electron chi connectivity index (χ4n) is 2.30. The van der Waals surface area contributed by atoms with Crippen LogP contribution in [0, 0.1) is 3.57 Å². The fraction of sp³-hybridized carbons (Fsp3) is 0.0588. The summed E-state index contributed by atoms with van der Waals surface area (Å²) in [6, 6.07) is 17.5. The van der Waals surface area contributed by atoms with Gasteiger partial charge in [0.2, 0.25) is 5.88 Å². The highest BCUT2D eigenvalue weighted by Crippen LogP contribution is 2.46. The minimum absolute atomic E-state index is 0.160. The van der Waals surface area contributed by atoms with Crippen LogP contribution < -0.4 is 5.32 Å². The second kappa shape index (κ2) is 5.81. The topological polar surface area (TPSA) is 45.4 Å². The Kier molecular flexibility index (Phi) is 3.88. The molecule has 0 spiro atoms. The normalized spacial score (nSPS) is 10.6. The first-order valence-corrected chi connectivity index (χ1v) is 7.63. The maximum atomic E-state index is 10.6. The van der Waals surface area contributed by atoms with Gasteiger partial charge >= 0.3 is 0 Å². The number of hydrogen-bond acceptors (Lipinski definition) is 3. The van der Waals surface area contributed by atoms with Gasteiger partial charge in [0.05, 0.1) is 5.56 Å². The molecular formula is C17H14INO2. The van der Waals surface area contributed by atoms with Crippen LogP contribution in [-0.2, 0) is 0 Å². The van der Waals surface area contributed by atoms with Crippen molar-refractivity contribution in [3.05, 3.63) is 58.2 Å². The van der Waals surface area contributed by atoms with Crippen molar-refractivity contribution in [1.82, 2.24) is 0 Å². The van der Waals surface area contributed by atoms with Crippen LogP contribution in [0.3, 0.4) is 0 Å². The highest BCUT2D eigenvalue weighted by molar-refractivity contribution is 14.1. The van der Waals surface area contributed by atoms with Gasteiger partial charge in [-0.05, 0) is 40.3 Å². The van der Waals surface area contributed by atoms with Crippen LogP contribution in [0.5, 0.6) is 5.75 Å². The molecular weight excluding hydrogens is 377 g/mol. The second-order valence-electron chi connectivity index (χ2n) is 4.61. The molecule has 1 aromatic heterocycles. The molecule has 3 rings (SSSR count). The molecule has 0 amide bonds. The number of aromatic hydroxyl groups is 1. The molecule has 1 heterocycles. The van der Waals surface area contributed by atoms with Crippen LogP contribution in [0.25, 0.3) is 22.5 Å². The summed E-state index contributed by atoms with van der Waals surface area (Å²) >= 11 is 2.25. The molecule has 3 nitrogen and oxygen atoms in total. The molecule has 0 aliphatic rings. The molecule has 0 atom stereocenters. The van der Waals surface area contributed by atoms with E-state index in [-0.39, 0.29) is 5.75 Å². The largest absolute Gasteiger partial charge is 0.504 e. The quantitative estimate of drug-likeness (QED) is 0.620. The Bertz CT molecular complexity index is 766. The average Bonchev–Trinajstić information content (AvgIpc) is 2.85. The first-order valence-electron chi connectivity index (χ1n) is 6.55. The standard InChI is InChI=1S/C17H14INO2/c1-19-17-14(12-8-5-9-13(18)10-12)15(20)16(21-17)11-6-3-2-4-7-11/h2-10,19-20H,1H3. The van der Waals surface area contributed by atoms with Crippen LogP contribution >= 0.6 is 22.6 Å². The lowest BCUT2D eigenvalue weighted by molar-refractivity contribution is 0.467. The zero-order chi connectivity index (χ0) is 14.8. The zero-order valence-electron chi connectivity index (χ0n) is 11.4. The summed E-state index contributed by atoms with van der Waals surface area (Å²) in [4.78, 5) is 0. The number of nitrogens with one attached hydrogen (secondary N) is 1. The smallest absolute Gasteiger partial charge is 0.205 e. The first kappa shape index (κ1) is 14.0. The second-order valence-corrected chi connectivity index (χ2v) is 5.86. The van der Waals surface area contributed by atoms with Crippen LogP contribution in [0.15, 0.2) is 59.0 Å². The van der Waals surface area contributed by atoms with Gasteiger partial charge in [0.25, 0.3) is 0 Å². The lowest BCUT2D eigenvalue weighted by Crippen LogP contribution is -1.88. The Morgan fingerprint density at radius 2 is 1.71 bits per heavy atom. The molecule has 3 aromatic rings. The lowest BCUT2D eigenvalue weighted by Gasteiger charge is -2.03. The molecule has 21 heavy (non-hydrogen) atoms. The highest BCUT2D eigenvalue weighted by Gasteiger charge is 2.21. The van der Waals surface area contributed by atoms with Crippen molar-refractivity contribution in [2.45, 2.75) is 0 Å². The Balaban J connectivity index is 2.20. The van der Waals surface area contributed by atoms with Gasteiger partial charge in [0.15, 0.2) is 11.5 Å². The molecule has 0 bridgehead atoms. The molecule has 0 saturated heterocycles. The van der Waals surface area contributed by atoms with E-state index < -0.39 is 0 Å². The summed E-state index contributed by atoms with van der Waals surface area (Å²) < 4.78 is 6.92. The van der Waals surface area contributed by atoms with Crippen LogP contribution in [0.4, 0.5) is 5.88 Å². The van der Waals surface area contributed by atoms with Crippen molar-refractivity contribution in [3.63, 3.8) is 0 Å². The molecule has 0 aliphatic heterocycles. The molecule has 0 fully saturated rings. The minimum atomic E-state index is 0.160. The Labute approximate surface area is 136 Å². The molecule has 0 saturated carbocycles. The van der Waals surface area contributed by atoms with E-state index in [1.165, 1.54) is 0 Å². The lowest BCUT2D eigenvalue weighted by atomic mass is 10.1. The Morgan fingerprint density at radius 1 is 1.00 bits per heavy atom. The van der Waals surface area contributed by atoms with E-state index in [2.05, 4.69) is 27.9 Å². The van der Waals surface area contributed by atoms with Crippen LogP contribution in [0.2, 0.25) is 0 Å². The van der Waals surface area contributed by atoms with E-state index in [0.717, 1.165) is 14.7 Å². The SMILES string of the molecule is CNc1oc(-c2ccccc2)c(O)c1-c1cccc(I)c1. The highest BCUT2D eigenvalue weighted by atomic mass is 127. The maximum Gasteiger partial charge on any atom is 0.205 e. The van der Waals surface area contributed by atoms with Gasteiger partial charge in [-0.25, -0.2) is 0 Å². The number of furan rings is 1. The van der Waals surface area contributed by atoms with Gasteiger partial charge in [-0.3, -0.25) is 0 Å². The third-order valence-electron chi connectivity index (χ3n) is 3.26. The number of halogens is 1. The van der Waals surface area contributed by atoms with Gasteiger partial charge in [0, 0.05) is 16.2 Å². The van der Waals surface area contributed by atoms with E-state index in [1.54, 1.807) is 7.05 Å². The predicted octanol–water partition coefficient (Wildman–Crippen LogP) is 4.97. The van der Waals surface area contributed by atoms with E-state index in [1.807, 2.05) is 54.6 Å². The van der Waals surface area contributed by atoms with Crippen LogP contribution in [0.1, 0.15) is 0 Å². The average molecular weight is 391 g/mol. The summed E-state index contributed by atoms with van der Waals surface area (Å²) in [6.07, 6.45) is 0. The number of hydrogen-bond donors (Lipinski definition) is 2. The summed E-state index contributed by atoms with van der Waals surface area (Å²) in [7, 11) is 1.78. The van der Waals surface area contributed by atoms with Crippen LogP contribution in [-0.4, -0.2) is 12.2 Å². The molecule has 106 valence electrons. The summed E-state index contributed by atoms with van der Waals surface area (Å²) in [6.45, 7) is 0. The van der Waals surface area contributed by atoms with Crippen molar-refractivity contribution < 1.29 is 9.52 Å². The Morgan fingerprint density at radius 3 is 2.38 bits per heavy atom. The predicted molar refractivity (Wildman–Crippen MR) is 93.5 cm³/mol. The number of benzene rings is 2. The number of anilines is 1. The van der Waals surface area contributed by atoms with Gasteiger partial charge in [-0.15, -0.1) is 0 Å². The van der Waals surface area contributed by atoms with E-state index >= 15 is 0 Å².